The summed E-state index contributed by atoms with van der Waals surface area (Å²) < 4.78 is 30.9. The van der Waals surface area contributed by atoms with Gasteiger partial charge in [-0.2, -0.15) is 0 Å². The van der Waals surface area contributed by atoms with Crippen LogP contribution in [0.5, 0.6) is 0 Å². The number of benzene rings is 2. The van der Waals surface area contributed by atoms with Crippen molar-refractivity contribution < 1.29 is 22.7 Å². The van der Waals surface area contributed by atoms with Crippen molar-refractivity contribution in [2.24, 2.45) is 0 Å². The van der Waals surface area contributed by atoms with Gasteiger partial charge in [-0.25, -0.2) is 17.5 Å². The van der Waals surface area contributed by atoms with E-state index >= 15 is 0 Å². The molecule has 0 aliphatic rings. The van der Waals surface area contributed by atoms with Crippen molar-refractivity contribution in [3.8, 4) is 0 Å². The normalized spacial score (nSPS) is 12.5. The highest BCUT2D eigenvalue weighted by Gasteiger charge is 2.23. The highest BCUT2D eigenvalue weighted by Crippen LogP contribution is 2.19. The van der Waals surface area contributed by atoms with Gasteiger partial charge in [-0.15, -0.1) is 0 Å². The maximum Gasteiger partial charge on any atom is 0.339 e. The Balaban J connectivity index is 2.16. The van der Waals surface area contributed by atoms with Gasteiger partial charge in [0.1, 0.15) is 0 Å². The van der Waals surface area contributed by atoms with E-state index in [4.69, 9.17) is 4.74 Å². The zero-order chi connectivity index (χ0) is 21.1. The highest BCUT2D eigenvalue weighted by molar-refractivity contribution is 7.89. The second-order valence-corrected chi connectivity index (χ2v) is 8.82. The number of nitrogens with one attached hydrogen (secondary N) is 1. The molecule has 0 saturated carbocycles. The minimum absolute atomic E-state index is 0.0214. The topological polar surface area (TPSA) is 92.8 Å². The fourth-order valence-electron chi connectivity index (χ4n) is 2.44. The van der Waals surface area contributed by atoms with Crippen molar-refractivity contribution in [2.45, 2.75) is 31.8 Å². The lowest BCUT2D eigenvalue weighted by Crippen LogP contribution is -2.30. The van der Waals surface area contributed by atoms with E-state index in [0.29, 0.717) is 11.3 Å². The Hall–Kier alpha value is -2.71. The molecule has 0 bridgehead atoms. The molecule has 1 N–H and O–H groups in total. The second kappa shape index (κ2) is 8.53. The molecule has 8 heteroatoms. The van der Waals surface area contributed by atoms with Gasteiger partial charge >= 0.3 is 5.97 Å². The molecule has 0 fully saturated rings. The van der Waals surface area contributed by atoms with Crippen molar-refractivity contribution in [1.82, 2.24) is 4.31 Å². The molecule has 28 heavy (non-hydrogen) atoms. The van der Waals surface area contributed by atoms with Crippen molar-refractivity contribution in [3.05, 3.63) is 59.2 Å². The van der Waals surface area contributed by atoms with Crippen molar-refractivity contribution >= 4 is 27.6 Å². The summed E-state index contributed by atoms with van der Waals surface area (Å²) in [5.41, 5.74) is 2.23. The summed E-state index contributed by atoms with van der Waals surface area (Å²) >= 11 is 0. The molecule has 0 spiro atoms. The maximum atomic E-state index is 12.5. The Morgan fingerprint density at radius 1 is 1.07 bits per heavy atom. The van der Waals surface area contributed by atoms with E-state index in [2.05, 4.69) is 5.32 Å². The third-order valence-corrected chi connectivity index (χ3v) is 5.96. The first-order valence-corrected chi connectivity index (χ1v) is 10.1. The first-order chi connectivity index (χ1) is 13.0. The lowest BCUT2D eigenvalue weighted by Gasteiger charge is -2.16. The smallest absolute Gasteiger partial charge is 0.339 e. The minimum Gasteiger partial charge on any atom is -0.449 e. The van der Waals surface area contributed by atoms with Crippen LogP contribution in [0.15, 0.2) is 47.4 Å². The summed E-state index contributed by atoms with van der Waals surface area (Å²) in [6.07, 6.45) is -1.05. The molecule has 0 radical (unpaired) electrons. The molecule has 1 amide bonds. The molecule has 7 nitrogen and oxygen atoms in total. The van der Waals surface area contributed by atoms with Crippen LogP contribution >= 0.6 is 0 Å². The molecule has 2 aromatic carbocycles. The second-order valence-electron chi connectivity index (χ2n) is 6.67. The van der Waals surface area contributed by atoms with E-state index in [1.165, 1.54) is 39.2 Å². The van der Waals surface area contributed by atoms with Gasteiger partial charge in [0.25, 0.3) is 5.91 Å². The van der Waals surface area contributed by atoms with E-state index in [9.17, 15) is 18.0 Å². The van der Waals surface area contributed by atoms with Crippen molar-refractivity contribution in [1.29, 1.82) is 0 Å². The Morgan fingerprint density at radius 3 is 2.36 bits per heavy atom. The number of rotatable bonds is 6. The van der Waals surface area contributed by atoms with Crippen LogP contribution in [-0.4, -0.2) is 44.8 Å². The molecule has 150 valence electrons. The Kier molecular flexibility index (Phi) is 6.58. The number of hydrogen-bond acceptors (Lipinski definition) is 5. The third kappa shape index (κ3) is 4.96. The van der Waals surface area contributed by atoms with E-state index in [1.807, 2.05) is 19.1 Å². The summed E-state index contributed by atoms with van der Waals surface area (Å²) in [5, 5.41) is 2.69. The molecule has 1 atom stereocenters. The number of hydrogen-bond donors (Lipinski definition) is 1. The number of carbonyl (C=O) groups is 2. The molecule has 2 rings (SSSR count). The van der Waals surface area contributed by atoms with E-state index in [0.717, 1.165) is 9.87 Å². The first kappa shape index (κ1) is 21.6. The Labute approximate surface area is 165 Å². The quantitative estimate of drug-likeness (QED) is 0.748. The fraction of sp³-hybridized carbons (Fsp3) is 0.300. The minimum atomic E-state index is -3.69. The summed E-state index contributed by atoms with van der Waals surface area (Å²) in [7, 11) is -0.878. The number of nitrogens with zero attached hydrogens (tertiary/aromatic N) is 1. The summed E-state index contributed by atoms with van der Waals surface area (Å²) in [4.78, 5) is 24.8. The molecule has 0 aromatic heterocycles. The van der Waals surface area contributed by atoms with Crippen LogP contribution in [0.3, 0.4) is 0 Å². The zero-order valence-electron chi connectivity index (χ0n) is 16.5. The van der Waals surface area contributed by atoms with Crippen LogP contribution in [0, 0.1) is 13.8 Å². The number of anilines is 1. The molecule has 0 unspecified atom stereocenters. The third-order valence-electron chi connectivity index (χ3n) is 4.15. The molecule has 0 aliphatic carbocycles. The largest absolute Gasteiger partial charge is 0.449 e. The van der Waals surface area contributed by atoms with Gasteiger partial charge in [0.2, 0.25) is 10.0 Å². The Morgan fingerprint density at radius 2 is 1.75 bits per heavy atom. The Bertz CT molecular complexity index is 999. The van der Waals surface area contributed by atoms with Gasteiger partial charge < -0.3 is 10.1 Å². The van der Waals surface area contributed by atoms with Gasteiger partial charge in [-0.3, -0.25) is 4.79 Å². The van der Waals surface area contributed by atoms with E-state index in [1.54, 1.807) is 19.1 Å². The van der Waals surface area contributed by atoms with Crippen LogP contribution in [0.1, 0.15) is 28.4 Å². The van der Waals surface area contributed by atoms with Crippen LogP contribution in [-0.2, 0) is 19.6 Å². The van der Waals surface area contributed by atoms with Gasteiger partial charge in [0, 0.05) is 19.8 Å². The number of ether oxygens (including phenoxy) is 1. The highest BCUT2D eigenvalue weighted by atomic mass is 32.2. The monoisotopic (exact) mass is 404 g/mol. The average Bonchev–Trinajstić information content (AvgIpc) is 2.61. The van der Waals surface area contributed by atoms with Crippen molar-refractivity contribution in [2.75, 3.05) is 19.4 Å². The number of carbonyl (C=O) groups excluding carboxylic acids is 2. The van der Waals surface area contributed by atoms with Gasteiger partial charge in [0.15, 0.2) is 6.10 Å². The summed E-state index contributed by atoms with van der Waals surface area (Å²) in [5.74, 6) is -1.24. The van der Waals surface area contributed by atoms with Gasteiger partial charge in [-0.1, -0.05) is 18.2 Å². The molecule has 0 saturated heterocycles. The molecule has 0 aliphatic heterocycles. The van der Waals surface area contributed by atoms with Crippen molar-refractivity contribution in [3.63, 3.8) is 0 Å². The van der Waals surface area contributed by atoms with Crippen LogP contribution < -0.4 is 5.32 Å². The van der Waals surface area contributed by atoms with Gasteiger partial charge in [0.05, 0.1) is 10.5 Å². The lowest BCUT2D eigenvalue weighted by atomic mass is 10.1. The summed E-state index contributed by atoms with van der Waals surface area (Å²) in [6.45, 7) is 5.02. The zero-order valence-corrected chi connectivity index (χ0v) is 17.3. The summed E-state index contributed by atoms with van der Waals surface area (Å²) in [6, 6.07) is 11.5. The van der Waals surface area contributed by atoms with E-state index in [-0.39, 0.29) is 10.5 Å². The fourth-order valence-corrected chi connectivity index (χ4v) is 3.36. The number of amides is 1. The number of aryl methyl sites for hydroxylation is 2. The average molecular weight is 404 g/mol. The predicted molar refractivity (Wildman–Crippen MR) is 107 cm³/mol. The van der Waals surface area contributed by atoms with Crippen LogP contribution in [0.4, 0.5) is 5.69 Å². The molecule has 0 heterocycles. The maximum absolute atomic E-state index is 12.5. The predicted octanol–water partition coefficient (Wildman–Crippen LogP) is 2.74. The molecular weight excluding hydrogens is 380 g/mol. The number of sulfonamides is 1. The first-order valence-electron chi connectivity index (χ1n) is 8.64. The van der Waals surface area contributed by atoms with Crippen LogP contribution in [0.2, 0.25) is 0 Å². The standard InChI is InChI=1S/C20H24N2O5S/c1-13-7-6-8-16(11-13)21-19(23)15(3)27-20(24)18-12-17(10-9-14(18)2)28(25,26)22(4)5/h6-12,15H,1-5H3,(H,21,23)/t15-/m1/s1. The van der Waals surface area contributed by atoms with Gasteiger partial charge in [-0.05, 0) is 56.2 Å². The lowest BCUT2D eigenvalue weighted by molar-refractivity contribution is -0.123. The van der Waals surface area contributed by atoms with E-state index < -0.39 is 28.0 Å². The molecule has 2 aromatic rings. The molecular formula is C20H24N2O5S. The van der Waals surface area contributed by atoms with Crippen LogP contribution in [0.25, 0.3) is 0 Å². The number of esters is 1. The SMILES string of the molecule is Cc1cccc(NC(=O)[C@@H](C)OC(=O)c2cc(S(=O)(=O)N(C)C)ccc2C)c1.